The van der Waals surface area contributed by atoms with E-state index in [0.29, 0.717) is 18.2 Å². The van der Waals surface area contributed by atoms with Crippen molar-refractivity contribution >= 4 is 0 Å². The molecule has 1 aromatic rings. The Morgan fingerprint density at radius 1 is 1.05 bits per heavy atom. The lowest BCUT2D eigenvalue weighted by Gasteiger charge is -2.16. The van der Waals surface area contributed by atoms with E-state index in [1.54, 1.807) is 6.07 Å². The molecule has 1 N–H and O–H groups in total. The molecule has 1 aliphatic rings. The van der Waals surface area contributed by atoms with Crippen molar-refractivity contribution in [3.8, 4) is 0 Å². The summed E-state index contributed by atoms with van der Waals surface area (Å²) in [7, 11) is 0. The average Bonchev–Trinajstić information content (AvgIpc) is 2.64. The molecule has 0 aromatic heterocycles. The molecular weight excluding hydrogens is 251 g/mol. The molecule has 4 heteroatoms. The van der Waals surface area contributed by atoms with E-state index in [1.807, 2.05) is 0 Å². The van der Waals surface area contributed by atoms with Gasteiger partial charge in [-0.25, -0.2) is 0 Å². The van der Waals surface area contributed by atoms with Gasteiger partial charge in [-0.15, -0.1) is 0 Å². The van der Waals surface area contributed by atoms with E-state index in [4.69, 9.17) is 0 Å². The lowest BCUT2D eigenvalue weighted by Crippen LogP contribution is -2.27. The third-order valence-corrected chi connectivity index (χ3v) is 3.70. The first kappa shape index (κ1) is 14.4. The van der Waals surface area contributed by atoms with Crippen LogP contribution in [0.2, 0.25) is 0 Å². The van der Waals surface area contributed by atoms with Crippen molar-refractivity contribution in [2.75, 3.05) is 0 Å². The molecule has 0 aliphatic heterocycles. The third kappa shape index (κ3) is 4.53. The zero-order chi connectivity index (χ0) is 13.7. The fourth-order valence-electron chi connectivity index (χ4n) is 2.60. The summed E-state index contributed by atoms with van der Waals surface area (Å²) in [5.41, 5.74) is 0.145. The summed E-state index contributed by atoms with van der Waals surface area (Å²) < 4.78 is 37.8. The molecule has 0 saturated heterocycles. The van der Waals surface area contributed by atoms with Crippen molar-refractivity contribution in [1.82, 2.24) is 5.32 Å². The van der Waals surface area contributed by atoms with Gasteiger partial charge in [0, 0.05) is 12.6 Å². The second-order valence-corrected chi connectivity index (χ2v) is 5.27. The minimum atomic E-state index is -4.25. The second-order valence-electron chi connectivity index (χ2n) is 5.27. The highest BCUT2D eigenvalue weighted by molar-refractivity contribution is 5.25. The van der Waals surface area contributed by atoms with Crippen LogP contribution in [0, 0.1) is 0 Å². The Bertz CT molecular complexity index is 393. The van der Waals surface area contributed by atoms with Crippen LogP contribution in [0.4, 0.5) is 13.2 Å². The van der Waals surface area contributed by atoms with Crippen LogP contribution in [-0.4, -0.2) is 6.04 Å². The SMILES string of the molecule is FC(F)(F)c1cccc(CNC2CCCCCC2)c1. The van der Waals surface area contributed by atoms with Gasteiger partial charge in [0.2, 0.25) is 0 Å². The molecule has 0 spiro atoms. The maximum atomic E-state index is 12.6. The number of rotatable bonds is 3. The van der Waals surface area contributed by atoms with Gasteiger partial charge < -0.3 is 5.32 Å². The second kappa shape index (κ2) is 6.42. The van der Waals surface area contributed by atoms with E-state index < -0.39 is 11.7 Å². The highest BCUT2D eigenvalue weighted by Gasteiger charge is 2.30. The van der Waals surface area contributed by atoms with Crippen molar-refractivity contribution in [2.45, 2.75) is 57.3 Å². The Labute approximate surface area is 112 Å². The number of alkyl halides is 3. The van der Waals surface area contributed by atoms with Gasteiger partial charge in [-0.1, -0.05) is 43.9 Å². The number of halogens is 3. The van der Waals surface area contributed by atoms with Gasteiger partial charge in [-0.2, -0.15) is 13.2 Å². The van der Waals surface area contributed by atoms with Crippen molar-refractivity contribution in [3.05, 3.63) is 35.4 Å². The van der Waals surface area contributed by atoms with Gasteiger partial charge in [0.05, 0.1) is 5.56 Å². The molecule has 1 saturated carbocycles. The van der Waals surface area contributed by atoms with Gasteiger partial charge in [0.1, 0.15) is 0 Å². The maximum absolute atomic E-state index is 12.6. The molecule has 106 valence electrons. The highest BCUT2D eigenvalue weighted by Crippen LogP contribution is 2.29. The maximum Gasteiger partial charge on any atom is 0.416 e. The number of hydrogen-bond acceptors (Lipinski definition) is 1. The van der Waals surface area contributed by atoms with Gasteiger partial charge in [0.15, 0.2) is 0 Å². The zero-order valence-electron chi connectivity index (χ0n) is 11.0. The first-order valence-electron chi connectivity index (χ1n) is 6.95. The molecule has 1 aliphatic carbocycles. The number of hydrogen-bond donors (Lipinski definition) is 1. The Morgan fingerprint density at radius 3 is 2.37 bits per heavy atom. The van der Waals surface area contributed by atoms with E-state index in [1.165, 1.54) is 37.8 Å². The number of benzene rings is 1. The van der Waals surface area contributed by atoms with Crippen LogP contribution < -0.4 is 5.32 Å². The topological polar surface area (TPSA) is 12.0 Å². The smallest absolute Gasteiger partial charge is 0.310 e. The van der Waals surface area contributed by atoms with Crippen LogP contribution in [0.25, 0.3) is 0 Å². The lowest BCUT2D eigenvalue weighted by atomic mass is 10.1. The van der Waals surface area contributed by atoms with Gasteiger partial charge in [-0.05, 0) is 24.5 Å². The predicted molar refractivity (Wildman–Crippen MR) is 69.8 cm³/mol. The summed E-state index contributed by atoms with van der Waals surface area (Å²) in [6.07, 6.45) is 3.03. The molecule has 2 rings (SSSR count). The molecule has 19 heavy (non-hydrogen) atoms. The zero-order valence-corrected chi connectivity index (χ0v) is 11.0. The van der Waals surface area contributed by atoms with Crippen LogP contribution >= 0.6 is 0 Å². The predicted octanol–water partition coefficient (Wildman–Crippen LogP) is 4.52. The molecule has 0 unspecified atom stereocenters. The third-order valence-electron chi connectivity index (χ3n) is 3.70. The fraction of sp³-hybridized carbons (Fsp3) is 0.600. The van der Waals surface area contributed by atoms with Crippen LogP contribution in [0.1, 0.15) is 49.7 Å². The normalized spacial score (nSPS) is 18.3. The van der Waals surface area contributed by atoms with Crippen molar-refractivity contribution in [3.63, 3.8) is 0 Å². The molecule has 1 fully saturated rings. The Hall–Kier alpha value is -1.03. The van der Waals surface area contributed by atoms with E-state index in [-0.39, 0.29) is 0 Å². The average molecular weight is 271 g/mol. The minimum Gasteiger partial charge on any atom is -0.310 e. The summed E-state index contributed by atoms with van der Waals surface area (Å²) in [6, 6.07) is 6.04. The van der Waals surface area contributed by atoms with E-state index >= 15 is 0 Å². The Morgan fingerprint density at radius 2 is 1.74 bits per heavy atom. The molecule has 0 amide bonds. The van der Waals surface area contributed by atoms with Crippen molar-refractivity contribution < 1.29 is 13.2 Å². The van der Waals surface area contributed by atoms with Crippen LogP contribution in [0.5, 0.6) is 0 Å². The molecule has 0 heterocycles. The summed E-state index contributed by atoms with van der Waals surface area (Å²) in [5, 5.41) is 3.39. The summed E-state index contributed by atoms with van der Waals surface area (Å²) in [4.78, 5) is 0. The quantitative estimate of drug-likeness (QED) is 0.797. The van der Waals surface area contributed by atoms with E-state index in [0.717, 1.165) is 18.9 Å². The summed E-state index contributed by atoms with van der Waals surface area (Å²) >= 11 is 0. The standard InChI is InChI=1S/C15H20F3N/c16-15(17,18)13-7-5-6-12(10-13)11-19-14-8-3-1-2-4-9-14/h5-7,10,14,19H,1-4,8-9,11H2. The molecule has 0 bridgehead atoms. The van der Waals surface area contributed by atoms with Gasteiger partial charge >= 0.3 is 6.18 Å². The molecule has 0 radical (unpaired) electrons. The fourth-order valence-corrected chi connectivity index (χ4v) is 2.60. The number of nitrogens with one attached hydrogen (secondary N) is 1. The first-order chi connectivity index (χ1) is 9.05. The molecule has 1 nitrogen and oxygen atoms in total. The van der Waals surface area contributed by atoms with Crippen LogP contribution in [0.3, 0.4) is 0 Å². The monoisotopic (exact) mass is 271 g/mol. The van der Waals surface area contributed by atoms with Gasteiger partial charge in [0.25, 0.3) is 0 Å². The molecule has 0 atom stereocenters. The van der Waals surface area contributed by atoms with Crippen molar-refractivity contribution in [1.29, 1.82) is 0 Å². The van der Waals surface area contributed by atoms with Crippen LogP contribution in [0.15, 0.2) is 24.3 Å². The summed E-state index contributed by atoms with van der Waals surface area (Å²) in [6.45, 7) is 0.522. The molecular formula is C15H20F3N. The Kier molecular flexibility index (Phi) is 4.86. The van der Waals surface area contributed by atoms with Gasteiger partial charge in [-0.3, -0.25) is 0 Å². The molecule has 1 aromatic carbocycles. The largest absolute Gasteiger partial charge is 0.416 e. The summed E-state index contributed by atoms with van der Waals surface area (Å²) in [5.74, 6) is 0. The van der Waals surface area contributed by atoms with E-state index in [2.05, 4.69) is 5.32 Å². The van der Waals surface area contributed by atoms with E-state index in [9.17, 15) is 13.2 Å². The highest BCUT2D eigenvalue weighted by atomic mass is 19.4. The lowest BCUT2D eigenvalue weighted by molar-refractivity contribution is -0.137. The van der Waals surface area contributed by atoms with Crippen LogP contribution in [-0.2, 0) is 12.7 Å². The minimum absolute atomic E-state index is 0.456. The Balaban J connectivity index is 1.92. The first-order valence-corrected chi connectivity index (χ1v) is 6.95. The van der Waals surface area contributed by atoms with Crippen molar-refractivity contribution in [2.24, 2.45) is 0 Å².